The first-order valence-electron chi connectivity index (χ1n) is 8.91. The van der Waals surface area contributed by atoms with E-state index >= 15 is 0 Å². The van der Waals surface area contributed by atoms with Gasteiger partial charge in [0.2, 0.25) is 11.8 Å². The first-order chi connectivity index (χ1) is 14.4. The van der Waals surface area contributed by atoms with Crippen molar-refractivity contribution in [3.05, 3.63) is 28.8 Å². The summed E-state index contributed by atoms with van der Waals surface area (Å²) in [6, 6.07) is 0.913. The molecule has 2 unspecified atom stereocenters. The number of nitrogen functional groups attached to an aromatic ring is 1. The van der Waals surface area contributed by atoms with E-state index in [1.165, 1.54) is 18.2 Å². The third-order valence-electron chi connectivity index (χ3n) is 4.44. The van der Waals surface area contributed by atoms with Crippen molar-refractivity contribution in [2.75, 3.05) is 18.8 Å². The van der Waals surface area contributed by atoms with Crippen molar-refractivity contribution in [3.8, 4) is 0 Å². The SMILES string of the molecule is Nc1ccc(C(=O)NCC(=O)N2CC(F)(F)CC2C(=O)NC(C=O)CC(=O)O)cc1Cl. The Labute approximate surface area is 179 Å². The highest BCUT2D eigenvalue weighted by atomic mass is 35.5. The molecule has 3 amide bonds. The Morgan fingerprint density at radius 1 is 1.35 bits per heavy atom. The van der Waals surface area contributed by atoms with Gasteiger partial charge in [-0.15, -0.1) is 0 Å². The van der Waals surface area contributed by atoms with E-state index in [0.717, 1.165) is 0 Å². The Hall–Kier alpha value is -3.28. The number of likely N-dealkylation sites (tertiary alicyclic amines) is 1. The summed E-state index contributed by atoms with van der Waals surface area (Å²) in [6.07, 6.45) is -1.60. The lowest BCUT2D eigenvalue weighted by Gasteiger charge is -2.24. The number of carboxylic acids is 1. The van der Waals surface area contributed by atoms with Crippen molar-refractivity contribution in [3.63, 3.8) is 0 Å². The maximum absolute atomic E-state index is 13.9. The Morgan fingerprint density at radius 3 is 2.61 bits per heavy atom. The number of nitrogens with one attached hydrogen (secondary N) is 2. The maximum Gasteiger partial charge on any atom is 0.305 e. The van der Waals surface area contributed by atoms with Crippen LogP contribution in [0, 0.1) is 0 Å². The number of carboxylic acid groups (broad SMARTS) is 1. The zero-order valence-electron chi connectivity index (χ0n) is 15.9. The number of aliphatic carboxylic acids is 1. The average molecular weight is 461 g/mol. The molecule has 0 aliphatic carbocycles. The molecule has 0 spiro atoms. The van der Waals surface area contributed by atoms with Gasteiger partial charge in [0, 0.05) is 12.0 Å². The smallest absolute Gasteiger partial charge is 0.305 e. The van der Waals surface area contributed by atoms with Gasteiger partial charge in [-0.2, -0.15) is 0 Å². The lowest BCUT2D eigenvalue weighted by molar-refractivity contribution is -0.141. The van der Waals surface area contributed by atoms with Crippen molar-refractivity contribution in [1.29, 1.82) is 0 Å². The van der Waals surface area contributed by atoms with E-state index in [9.17, 15) is 32.8 Å². The minimum Gasteiger partial charge on any atom is -0.481 e. The number of anilines is 1. The number of alkyl halides is 2. The predicted molar refractivity (Wildman–Crippen MR) is 104 cm³/mol. The number of nitrogens with zero attached hydrogens (tertiary/aromatic N) is 1. The van der Waals surface area contributed by atoms with Crippen molar-refractivity contribution in [2.24, 2.45) is 0 Å². The summed E-state index contributed by atoms with van der Waals surface area (Å²) < 4.78 is 27.8. The number of halogens is 3. The van der Waals surface area contributed by atoms with Gasteiger partial charge in [0.25, 0.3) is 11.8 Å². The molecule has 13 heteroatoms. The molecule has 1 aromatic rings. The van der Waals surface area contributed by atoms with Crippen LogP contribution < -0.4 is 16.4 Å². The van der Waals surface area contributed by atoms with Crippen LogP contribution in [0.25, 0.3) is 0 Å². The van der Waals surface area contributed by atoms with Gasteiger partial charge in [-0.3, -0.25) is 19.2 Å². The van der Waals surface area contributed by atoms with Gasteiger partial charge >= 0.3 is 5.97 Å². The number of aldehydes is 1. The zero-order chi connectivity index (χ0) is 23.3. The average Bonchev–Trinajstić information content (AvgIpc) is 3.02. The molecule has 1 heterocycles. The molecule has 2 atom stereocenters. The third-order valence-corrected chi connectivity index (χ3v) is 4.77. The predicted octanol–water partition coefficient (Wildman–Crippen LogP) is 0.0466. The molecular formula is C18H19ClF2N4O6. The third kappa shape index (κ3) is 6.35. The molecule has 1 aromatic carbocycles. The molecular weight excluding hydrogens is 442 g/mol. The topological polar surface area (TPSA) is 159 Å². The second-order valence-corrected chi connectivity index (χ2v) is 7.27. The molecule has 0 radical (unpaired) electrons. The Kier molecular flexibility index (Phi) is 7.50. The van der Waals surface area contributed by atoms with Crippen LogP contribution in [0.15, 0.2) is 18.2 Å². The van der Waals surface area contributed by atoms with E-state index < -0.39 is 67.6 Å². The largest absolute Gasteiger partial charge is 0.481 e. The highest BCUT2D eigenvalue weighted by molar-refractivity contribution is 6.33. The van der Waals surface area contributed by atoms with Crippen molar-refractivity contribution >= 4 is 47.3 Å². The summed E-state index contributed by atoms with van der Waals surface area (Å²) >= 11 is 5.82. The van der Waals surface area contributed by atoms with Crippen LogP contribution in [0.2, 0.25) is 5.02 Å². The molecule has 1 fully saturated rings. The number of hydrogen-bond donors (Lipinski definition) is 4. The van der Waals surface area contributed by atoms with E-state index in [0.29, 0.717) is 4.90 Å². The van der Waals surface area contributed by atoms with Gasteiger partial charge in [0.05, 0.1) is 36.3 Å². The normalized spacial score (nSPS) is 18.2. The van der Waals surface area contributed by atoms with Crippen LogP contribution in [-0.2, 0) is 19.2 Å². The maximum atomic E-state index is 13.9. The number of carbonyl (C=O) groups excluding carboxylic acids is 4. The van der Waals surface area contributed by atoms with E-state index in [1.807, 2.05) is 5.32 Å². The number of benzene rings is 1. The monoisotopic (exact) mass is 460 g/mol. The number of carbonyl (C=O) groups is 5. The molecule has 1 aliphatic rings. The molecule has 0 aromatic heterocycles. The van der Waals surface area contributed by atoms with E-state index in [1.54, 1.807) is 0 Å². The second-order valence-electron chi connectivity index (χ2n) is 6.87. The van der Waals surface area contributed by atoms with Crippen LogP contribution in [0.4, 0.5) is 14.5 Å². The molecule has 31 heavy (non-hydrogen) atoms. The number of amides is 3. The van der Waals surface area contributed by atoms with Gasteiger partial charge in [0.15, 0.2) is 0 Å². The Bertz CT molecular complexity index is 913. The van der Waals surface area contributed by atoms with Gasteiger partial charge in [0.1, 0.15) is 12.3 Å². The minimum atomic E-state index is -3.38. The highest BCUT2D eigenvalue weighted by Gasteiger charge is 2.50. The molecule has 1 aliphatic heterocycles. The van der Waals surface area contributed by atoms with Gasteiger partial charge in [-0.05, 0) is 18.2 Å². The van der Waals surface area contributed by atoms with Crippen LogP contribution in [0.5, 0.6) is 0 Å². The summed E-state index contributed by atoms with van der Waals surface area (Å²) in [6.45, 7) is -1.76. The lowest BCUT2D eigenvalue weighted by atomic mass is 10.1. The molecule has 5 N–H and O–H groups in total. The summed E-state index contributed by atoms with van der Waals surface area (Å²) in [5.41, 5.74) is 5.86. The number of rotatable bonds is 8. The van der Waals surface area contributed by atoms with E-state index in [-0.39, 0.29) is 22.6 Å². The molecule has 10 nitrogen and oxygen atoms in total. The van der Waals surface area contributed by atoms with Crippen LogP contribution in [-0.4, -0.2) is 71.1 Å². The van der Waals surface area contributed by atoms with E-state index in [4.69, 9.17) is 22.4 Å². The fraction of sp³-hybridized carbons (Fsp3) is 0.389. The summed E-state index contributed by atoms with van der Waals surface area (Å²) in [7, 11) is 0. The molecule has 0 bridgehead atoms. The molecule has 168 valence electrons. The summed E-state index contributed by atoms with van der Waals surface area (Å²) in [5, 5.41) is 13.1. The molecule has 2 rings (SSSR count). The highest BCUT2D eigenvalue weighted by Crippen LogP contribution is 2.32. The molecule has 1 saturated heterocycles. The van der Waals surface area contributed by atoms with E-state index in [2.05, 4.69) is 5.32 Å². The Balaban J connectivity index is 2.05. The van der Waals surface area contributed by atoms with Crippen LogP contribution >= 0.6 is 11.6 Å². The second kappa shape index (κ2) is 9.69. The summed E-state index contributed by atoms with van der Waals surface area (Å²) in [4.78, 5) is 59.1. The van der Waals surface area contributed by atoms with Gasteiger partial charge < -0.3 is 31.2 Å². The fourth-order valence-corrected chi connectivity index (χ4v) is 3.12. The number of hydrogen-bond acceptors (Lipinski definition) is 6. The zero-order valence-corrected chi connectivity index (χ0v) is 16.7. The van der Waals surface area contributed by atoms with Gasteiger partial charge in [-0.1, -0.05) is 11.6 Å². The summed E-state index contributed by atoms with van der Waals surface area (Å²) in [5.74, 6) is -7.54. The van der Waals surface area contributed by atoms with Gasteiger partial charge in [-0.25, -0.2) is 8.78 Å². The van der Waals surface area contributed by atoms with Crippen LogP contribution in [0.1, 0.15) is 23.2 Å². The van der Waals surface area contributed by atoms with Crippen molar-refractivity contribution in [1.82, 2.24) is 15.5 Å². The standard InChI is InChI=1S/C18H19ClF2N4O6/c19-11-3-9(1-2-12(11)22)16(30)23-6-14(27)25-8-18(20,21)5-13(25)17(31)24-10(7-26)4-15(28)29/h1-3,7,10,13H,4-6,8,22H2,(H,23,30)(H,24,31)(H,28,29). The first-order valence-corrected chi connectivity index (χ1v) is 9.29. The first kappa shape index (κ1) is 24.0. The Morgan fingerprint density at radius 2 is 2.03 bits per heavy atom. The lowest BCUT2D eigenvalue weighted by Crippen LogP contribution is -2.51. The number of nitrogens with two attached hydrogens (primary N) is 1. The van der Waals surface area contributed by atoms with Crippen LogP contribution in [0.3, 0.4) is 0 Å². The van der Waals surface area contributed by atoms with Crippen molar-refractivity contribution in [2.45, 2.75) is 30.8 Å². The molecule has 0 saturated carbocycles. The fourth-order valence-electron chi connectivity index (χ4n) is 2.94. The quantitative estimate of drug-likeness (QED) is 0.315. The van der Waals surface area contributed by atoms with Crippen molar-refractivity contribution < 1.29 is 37.9 Å². The minimum absolute atomic E-state index is 0.0792.